The maximum absolute atomic E-state index is 12.5. The van der Waals surface area contributed by atoms with Gasteiger partial charge in [0.1, 0.15) is 19.6 Å². The summed E-state index contributed by atoms with van der Waals surface area (Å²) >= 11 is 0. The summed E-state index contributed by atoms with van der Waals surface area (Å²) in [4.78, 5) is 12.5. The largest absolute Gasteiger partial charge is 0.342 e. The summed E-state index contributed by atoms with van der Waals surface area (Å²) in [5, 5.41) is 21.3. The van der Waals surface area contributed by atoms with Gasteiger partial charge in [0.25, 0.3) is 5.91 Å². The van der Waals surface area contributed by atoms with E-state index < -0.39 is 0 Å². The van der Waals surface area contributed by atoms with Gasteiger partial charge in [-0.05, 0) is 12.0 Å². The van der Waals surface area contributed by atoms with E-state index >= 15 is 0 Å². The van der Waals surface area contributed by atoms with Gasteiger partial charge in [-0.2, -0.15) is 9.75 Å². The molecule has 1 aromatic heterocycles. The number of aromatic nitrogens is 2. The van der Waals surface area contributed by atoms with Gasteiger partial charge in [0.05, 0.1) is 11.6 Å². The molecule has 21 heavy (non-hydrogen) atoms. The average molecular weight is 287 g/mol. The summed E-state index contributed by atoms with van der Waals surface area (Å²) in [7, 11) is 0. The second-order valence-corrected chi connectivity index (χ2v) is 6.26. The Bertz CT molecular complexity index is 688. The molecule has 0 unspecified atom stereocenters. The molecule has 1 amide bonds. The van der Waals surface area contributed by atoms with Crippen molar-refractivity contribution in [1.82, 2.24) is 15.5 Å². The van der Waals surface area contributed by atoms with E-state index in [1.54, 1.807) is 0 Å². The average Bonchev–Trinajstić information content (AvgIpc) is 2.91. The van der Waals surface area contributed by atoms with E-state index in [4.69, 9.17) is 0 Å². The van der Waals surface area contributed by atoms with Crippen LogP contribution in [0.4, 0.5) is 0 Å². The first kappa shape index (κ1) is 12.8. The van der Waals surface area contributed by atoms with Crippen LogP contribution < -0.4 is 5.32 Å². The molecule has 3 saturated heterocycles. The molecule has 0 saturated carbocycles. The molecule has 0 radical (unpaired) electrons. The van der Waals surface area contributed by atoms with Crippen molar-refractivity contribution in [2.75, 3.05) is 19.6 Å². The van der Waals surface area contributed by atoms with Crippen molar-refractivity contribution < 1.29 is 14.6 Å². The van der Waals surface area contributed by atoms with E-state index in [0.717, 1.165) is 36.8 Å². The van der Waals surface area contributed by atoms with Gasteiger partial charge in [0.2, 0.25) is 0 Å². The lowest BCUT2D eigenvalue weighted by Gasteiger charge is -2.47. The number of nitrogens with one attached hydrogen (secondary N) is 2. The van der Waals surface area contributed by atoms with Crippen molar-refractivity contribution >= 4 is 16.8 Å². The van der Waals surface area contributed by atoms with Gasteiger partial charge in [-0.15, -0.1) is 0 Å². The first-order valence-corrected chi connectivity index (χ1v) is 7.47. The Morgan fingerprint density at radius 1 is 1.33 bits per heavy atom. The van der Waals surface area contributed by atoms with Crippen molar-refractivity contribution in [1.29, 1.82) is 0 Å². The van der Waals surface area contributed by atoms with Crippen LogP contribution in [0.2, 0.25) is 0 Å². The van der Waals surface area contributed by atoms with E-state index in [-0.39, 0.29) is 16.6 Å². The minimum Gasteiger partial charge on any atom is -0.342 e. The molecule has 4 heterocycles. The van der Waals surface area contributed by atoms with Crippen LogP contribution in [0.5, 0.6) is 0 Å². The molecular formula is C15H19N4O2+. The molecule has 2 bridgehead atoms. The number of aromatic amines is 1. The smallest absolute Gasteiger partial charge is 0.272 e. The molecule has 5 rings (SSSR count). The second-order valence-electron chi connectivity index (χ2n) is 6.26. The third-order valence-electron chi connectivity index (χ3n) is 4.94. The number of amides is 1. The Labute approximate surface area is 122 Å². The summed E-state index contributed by atoms with van der Waals surface area (Å²) in [5.41, 5.74) is 1.30. The van der Waals surface area contributed by atoms with Crippen LogP contribution in [0, 0.1) is 5.92 Å². The van der Waals surface area contributed by atoms with Crippen molar-refractivity contribution in [3.63, 3.8) is 0 Å². The zero-order chi connectivity index (χ0) is 14.4. The molecule has 0 aliphatic carbocycles. The van der Waals surface area contributed by atoms with Gasteiger partial charge < -0.3 is 5.32 Å². The minimum absolute atomic E-state index is 0.0421. The molecule has 1 atom stereocenters. The summed E-state index contributed by atoms with van der Waals surface area (Å²) in [5.74, 6) is 0.323. The highest BCUT2D eigenvalue weighted by molar-refractivity contribution is 6.04. The van der Waals surface area contributed by atoms with E-state index in [2.05, 4.69) is 15.5 Å². The zero-order valence-corrected chi connectivity index (χ0v) is 11.7. The number of para-hydroxylation sites is 1. The topological polar surface area (TPSA) is 78.0 Å². The first-order chi connectivity index (χ1) is 10.1. The number of benzene rings is 1. The van der Waals surface area contributed by atoms with Gasteiger partial charge >= 0.3 is 0 Å². The highest BCUT2D eigenvalue weighted by Crippen LogP contribution is 2.32. The predicted molar refractivity (Wildman–Crippen MR) is 76.7 cm³/mol. The Kier molecular flexibility index (Phi) is 2.77. The number of hydrogen-bond donors (Lipinski definition) is 3. The Morgan fingerprint density at radius 3 is 2.86 bits per heavy atom. The second kappa shape index (κ2) is 4.54. The molecule has 1 aromatic carbocycles. The fraction of sp³-hybridized carbons (Fsp3) is 0.467. The molecular weight excluding hydrogens is 268 g/mol. The fourth-order valence-electron chi connectivity index (χ4n) is 3.71. The summed E-state index contributed by atoms with van der Waals surface area (Å²) in [6, 6.07) is 7.65. The van der Waals surface area contributed by atoms with Gasteiger partial charge in [-0.25, -0.2) is 5.21 Å². The van der Waals surface area contributed by atoms with Crippen molar-refractivity contribution in [3.05, 3.63) is 30.0 Å². The Morgan fingerprint density at radius 2 is 2.10 bits per heavy atom. The Hall–Kier alpha value is -1.92. The van der Waals surface area contributed by atoms with Crippen LogP contribution in [0.1, 0.15) is 23.3 Å². The third kappa shape index (κ3) is 2.11. The minimum atomic E-state index is -0.155. The lowest BCUT2D eigenvalue weighted by atomic mass is 9.83. The van der Waals surface area contributed by atoms with Crippen molar-refractivity contribution in [2.45, 2.75) is 18.9 Å². The lowest BCUT2D eigenvalue weighted by Crippen LogP contribution is -2.65. The number of rotatable bonds is 2. The lowest BCUT2D eigenvalue weighted by molar-refractivity contribution is -1.11. The van der Waals surface area contributed by atoms with Gasteiger partial charge in [-0.1, -0.05) is 18.2 Å². The van der Waals surface area contributed by atoms with E-state index in [0.29, 0.717) is 18.2 Å². The number of quaternary nitrogens is 1. The summed E-state index contributed by atoms with van der Waals surface area (Å²) in [6.45, 7) is 2.23. The van der Waals surface area contributed by atoms with Crippen LogP contribution >= 0.6 is 0 Å². The Balaban J connectivity index is 1.56. The highest BCUT2D eigenvalue weighted by atomic mass is 16.5. The monoisotopic (exact) mass is 287 g/mol. The van der Waals surface area contributed by atoms with Gasteiger partial charge in [0.15, 0.2) is 5.69 Å². The number of piperidine rings is 3. The third-order valence-corrected chi connectivity index (χ3v) is 4.94. The van der Waals surface area contributed by atoms with E-state index in [1.807, 2.05) is 24.3 Å². The first-order valence-electron chi connectivity index (χ1n) is 7.47. The molecule has 0 spiro atoms. The molecule has 6 nitrogen and oxygen atoms in total. The molecule has 2 aromatic rings. The molecule has 6 heteroatoms. The summed E-state index contributed by atoms with van der Waals surface area (Å²) < 4.78 is 0.1000. The standard InChI is InChI=1S/C15H18N4O2/c20-15(14-11-3-1-2-4-12(11)17-18-14)16-13-9-19(21)7-5-10(13)6-8-19/h1-4,10,13,21H,5-9H2,(H-,16,17,18,20)/p+1/t10?,13-,19?/m1/s1. The van der Waals surface area contributed by atoms with Crippen LogP contribution in [0.3, 0.4) is 0 Å². The maximum Gasteiger partial charge on any atom is 0.272 e. The van der Waals surface area contributed by atoms with Crippen molar-refractivity contribution in [3.8, 4) is 0 Å². The molecule has 3 aliphatic rings. The van der Waals surface area contributed by atoms with Crippen LogP contribution in [-0.2, 0) is 0 Å². The summed E-state index contributed by atoms with van der Waals surface area (Å²) in [6.07, 6.45) is 1.95. The van der Waals surface area contributed by atoms with Gasteiger partial charge in [-0.3, -0.25) is 9.89 Å². The van der Waals surface area contributed by atoms with Crippen LogP contribution in [0.25, 0.3) is 10.9 Å². The fourth-order valence-corrected chi connectivity index (χ4v) is 3.71. The zero-order valence-electron chi connectivity index (χ0n) is 11.7. The van der Waals surface area contributed by atoms with Crippen LogP contribution in [-0.4, -0.2) is 51.6 Å². The molecule has 110 valence electrons. The normalized spacial score (nSPS) is 31.5. The molecule has 3 aliphatic heterocycles. The highest BCUT2D eigenvalue weighted by Gasteiger charge is 2.46. The number of H-pyrrole nitrogens is 1. The molecule has 3 fully saturated rings. The number of carbonyl (C=O) groups is 1. The SMILES string of the molecule is O=C(N[C@@H]1C[N+]2(O)CCC1CC2)c1n[nH]c2ccccc12. The van der Waals surface area contributed by atoms with Gasteiger partial charge in [0, 0.05) is 18.2 Å². The maximum atomic E-state index is 12.5. The molecule has 3 N–H and O–H groups in total. The predicted octanol–water partition coefficient (Wildman–Crippen LogP) is 1.29. The van der Waals surface area contributed by atoms with E-state index in [1.165, 1.54) is 0 Å². The number of hydrogen-bond acceptors (Lipinski definition) is 3. The van der Waals surface area contributed by atoms with E-state index in [9.17, 15) is 10.0 Å². The number of carbonyl (C=O) groups excluding carboxylic acids is 1. The number of fused-ring (bicyclic) bond motifs is 4. The quantitative estimate of drug-likeness (QED) is 0.728. The van der Waals surface area contributed by atoms with Crippen LogP contribution in [0.15, 0.2) is 24.3 Å². The number of nitrogens with zero attached hydrogens (tertiary/aromatic N) is 2. The number of hydroxylamine groups is 3. The van der Waals surface area contributed by atoms with Crippen molar-refractivity contribution in [2.24, 2.45) is 5.92 Å².